The van der Waals surface area contributed by atoms with Gasteiger partial charge in [-0.2, -0.15) is 0 Å². The van der Waals surface area contributed by atoms with Crippen molar-refractivity contribution < 1.29 is 78.9 Å². The van der Waals surface area contributed by atoms with E-state index in [1.807, 2.05) is 13.0 Å². The van der Waals surface area contributed by atoms with Crippen LogP contribution in [0.15, 0.2) is 30.3 Å². The van der Waals surface area contributed by atoms with E-state index in [2.05, 4.69) is 0 Å². The molecule has 0 radical (unpaired) electrons. The Morgan fingerprint density at radius 2 is 1.55 bits per heavy atom. The SMILES string of the molecule is CCC(c1ccccc1)C(C(=O)[O-])C(C)C(=O)[O-].[Na+].[Na+]. The summed E-state index contributed by atoms with van der Waals surface area (Å²) in [7, 11) is 0. The van der Waals surface area contributed by atoms with E-state index in [0.29, 0.717) is 6.42 Å². The van der Waals surface area contributed by atoms with Gasteiger partial charge < -0.3 is 19.8 Å². The fraction of sp³-hybridized carbons (Fsp3) is 0.429. The molecule has 0 heterocycles. The molecule has 3 atom stereocenters. The molecule has 1 aromatic rings. The molecule has 0 amide bonds. The van der Waals surface area contributed by atoms with Crippen LogP contribution in [0.2, 0.25) is 0 Å². The van der Waals surface area contributed by atoms with Gasteiger partial charge in [-0.1, -0.05) is 44.2 Å². The third-order valence-electron chi connectivity index (χ3n) is 3.28. The molecule has 0 aliphatic heterocycles. The van der Waals surface area contributed by atoms with Crippen LogP contribution in [0, 0.1) is 11.8 Å². The molecule has 0 saturated carbocycles. The monoisotopic (exact) mass is 294 g/mol. The average Bonchev–Trinajstić information content (AvgIpc) is 2.35. The summed E-state index contributed by atoms with van der Waals surface area (Å²) in [6.07, 6.45) is 0.528. The molecule has 98 valence electrons. The number of carbonyl (C=O) groups is 2. The first-order valence-corrected chi connectivity index (χ1v) is 5.95. The van der Waals surface area contributed by atoms with Crippen LogP contribution in [0.4, 0.5) is 0 Å². The van der Waals surface area contributed by atoms with Crippen molar-refractivity contribution in [2.24, 2.45) is 11.8 Å². The normalized spacial score (nSPS) is 14.1. The summed E-state index contributed by atoms with van der Waals surface area (Å²) in [6, 6.07) is 9.02. The molecule has 0 spiro atoms. The van der Waals surface area contributed by atoms with E-state index in [1.165, 1.54) is 6.92 Å². The molecule has 0 aromatic heterocycles. The third kappa shape index (κ3) is 5.88. The maximum atomic E-state index is 11.2. The van der Waals surface area contributed by atoms with Crippen molar-refractivity contribution in [2.75, 3.05) is 0 Å². The van der Waals surface area contributed by atoms with Crippen LogP contribution in [0.5, 0.6) is 0 Å². The number of rotatable bonds is 6. The van der Waals surface area contributed by atoms with Gasteiger partial charge in [-0.05, 0) is 17.9 Å². The van der Waals surface area contributed by atoms with E-state index >= 15 is 0 Å². The summed E-state index contributed by atoms with van der Waals surface area (Å²) in [6.45, 7) is 3.18. The first-order valence-electron chi connectivity index (χ1n) is 5.95. The van der Waals surface area contributed by atoms with E-state index in [1.54, 1.807) is 24.3 Å². The molecule has 0 bridgehead atoms. The van der Waals surface area contributed by atoms with Crippen molar-refractivity contribution in [3.63, 3.8) is 0 Å². The molecule has 6 heteroatoms. The van der Waals surface area contributed by atoms with Crippen molar-refractivity contribution in [3.8, 4) is 0 Å². The largest absolute Gasteiger partial charge is 1.00 e. The van der Waals surface area contributed by atoms with Gasteiger partial charge >= 0.3 is 59.1 Å². The summed E-state index contributed by atoms with van der Waals surface area (Å²) >= 11 is 0. The number of carboxylic acid groups (broad SMARTS) is 2. The first-order chi connectivity index (χ1) is 8.49. The first kappa shape index (κ1) is 22.4. The van der Waals surface area contributed by atoms with Crippen molar-refractivity contribution in [2.45, 2.75) is 26.2 Å². The second-order valence-electron chi connectivity index (χ2n) is 4.38. The van der Waals surface area contributed by atoms with Gasteiger partial charge in [-0.25, -0.2) is 0 Å². The van der Waals surface area contributed by atoms with Crippen molar-refractivity contribution in [3.05, 3.63) is 35.9 Å². The quantitative estimate of drug-likeness (QED) is 0.489. The number of aliphatic carboxylic acids is 2. The van der Waals surface area contributed by atoms with E-state index in [0.717, 1.165) is 5.56 Å². The Kier molecular flexibility index (Phi) is 12.1. The summed E-state index contributed by atoms with van der Waals surface area (Å²) in [5.74, 6) is -5.26. The number of benzene rings is 1. The average molecular weight is 294 g/mol. The minimum absolute atomic E-state index is 0. The molecule has 0 aliphatic rings. The zero-order chi connectivity index (χ0) is 13.7. The van der Waals surface area contributed by atoms with Crippen LogP contribution in [0.3, 0.4) is 0 Å². The van der Waals surface area contributed by atoms with Gasteiger partial charge in [0.15, 0.2) is 0 Å². The van der Waals surface area contributed by atoms with Gasteiger partial charge in [0.05, 0.1) is 0 Å². The molecule has 3 unspecified atom stereocenters. The summed E-state index contributed by atoms with van der Waals surface area (Å²) < 4.78 is 0. The molecule has 0 saturated heterocycles. The van der Waals surface area contributed by atoms with E-state index in [4.69, 9.17) is 0 Å². The Hall–Kier alpha value is 0.160. The molecule has 1 aromatic carbocycles. The molecule has 1 rings (SSSR count). The van der Waals surface area contributed by atoms with Gasteiger partial charge in [0.1, 0.15) is 0 Å². The van der Waals surface area contributed by atoms with E-state index in [9.17, 15) is 19.8 Å². The summed E-state index contributed by atoms with van der Waals surface area (Å²) in [4.78, 5) is 22.1. The summed E-state index contributed by atoms with van der Waals surface area (Å²) in [5.41, 5.74) is 0.808. The second kappa shape index (κ2) is 10.8. The maximum absolute atomic E-state index is 11.2. The van der Waals surface area contributed by atoms with Crippen LogP contribution in [-0.2, 0) is 9.59 Å². The Balaban J connectivity index is 0. The van der Waals surface area contributed by atoms with Crippen molar-refractivity contribution in [1.82, 2.24) is 0 Å². The number of carbonyl (C=O) groups excluding carboxylic acids is 2. The Bertz CT molecular complexity index is 422. The third-order valence-corrected chi connectivity index (χ3v) is 3.28. The van der Waals surface area contributed by atoms with Crippen LogP contribution in [-0.4, -0.2) is 11.9 Å². The molecule has 4 nitrogen and oxygen atoms in total. The van der Waals surface area contributed by atoms with Crippen LogP contribution in [0.25, 0.3) is 0 Å². The fourth-order valence-corrected chi connectivity index (χ4v) is 2.26. The fourth-order valence-electron chi connectivity index (χ4n) is 2.26. The predicted molar refractivity (Wildman–Crippen MR) is 62.1 cm³/mol. The van der Waals surface area contributed by atoms with Crippen molar-refractivity contribution in [1.29, 1.82) is 0 Å². The van der Waals surface area contributed by atoms with Gasteiger partial charge in [-0.3, -0.25) is 0 Å². The second-order valence-corrected chi connectivity index (χ2v) is 4.38. The minimum Gasteiger partial charge on any atom is -0.550 e. The van der Waals surface area contributed by atoms with Gasteiger partial charge in [0.2, 0.25) is 0 Å². The van der Waals surface area contributed by atoms with Gasteiger partial charge in [0, 0.05) is 23.8 Å². The minimum atomic E-state index is -1.36. The van der Waals surface area contributed by atoms with Crippen LogP contribution < -0.4 is 69.3 Å². The number of hydrogen-bond acceptors (Lipinski definition) is 4. The zero-order valence-corrected chi connectivity index (χ0v) is 16.5. The Morgan fingerprint density at radius 1 is 1.05 bits per heavy atom. The van der Waals surface area contributed by atoms with Crippen LogP contribution >= 0.6 is 0 Å². The molecular weight excluding hydrogens is 278 g/mol. The Morgan fingerprint density at radius 3 is 1.90 bits per heavy atom. The van der Waals surface area contributed by atoms with Gasteiger partial charge in [0.25, 0.3) is 0 Å². The Labute approximate surface area is 163 Å². The van der Waals surface area contributed by atoms with E-state index in [-0.39, 0.29) is 65.0 Å². The topological polar surface area (TPSA) is 80.3 Å². The predicted octanol–water partition coefficient (Wildman–Crippen LogP) is -6.06. The molecule has 0 fully saturated rings. The van der Waals surface area contributed by atoms with Gasteiger partial charge in [-0.15, -0.1) is 0 Å². The standard InChI is InChI=1S/C14H18O4.2Na/c1-3-11(10-7-5-4-6-8-10)12(14(17)18)9(2)13(15)16;;/h4-9,11-12H,3H2,1-2H3,(H,15,16)(H,17,18);;/q;2*+1/p-2. The molecule has 0 N–H and O–H groups in total. The van der Waals surface area contributed by atoms with Crippen molar-refractivity contribution >= 4 is 11.9 Å². The number of carboxylic acids is 2. The maximum Gasteiger partial charge on any atom is 1.00 e. The van der Waals surface area contributed by atoms with E-state index < -0.39 is 23.8 Å². The molecular formula is C14H16Na2O4. The van der Waals surface area contributed by atoms with Crippen LogP contribution in [0.1, 0.15) is 31.7 Å². The number of hydrogen-bond donors (Lipinski definition) is 0. The zero-order valence-electron chi connectivity index (χ0n) is 12.5. The molecule has 0 aliphatic carbocycles. The summed E-state index contributed by atoms with van der Waals surface area (Å²) in [5, 5.41) is 22.1. The smallest absolute Gasteiger partial charge is 0.550 e. The molecule has 20 heavy (non-hydrogen) atoms.